The van der Waals surface area contributed by atoms with E-state index in [0.29, 0.717) is 52.3 Å². The van der Waals surface area contributed by atoms with Gasteiger partial charge in [-0.1, -0.05) is 65.7 Å². The number of ether oxygens (including phenoxy) is 1. The Balaban J connectivity index is 1.12. The van der Waals surface area contributed by atoms with Gasteiger partial charge in [-0.15, -0.1) is 0 Å². The summed E-state index contributed by atoms with van der Waals surface area (Å²) in [6, 6.07) is 19.1. The largest absolute Gasteiger partial charge is 0.481 e. The lowest BCUT2D eigenvalue weighted by molar-refractivity contribution is -0.137. The highest BCUT2D eigenvalue weighted by molar-refractivity contribution is 6.39. The SMILES string of the molecule is COc1nc(-c2cccc(-c3cccc(-c4ccn5c(=O)c(CNC6(CC(=O)O)CC6)cnc5c4)c3Cl)c2Cl)ccc1CNC[C@H]1CCC(=O)N1. The second kappa shape index (κ2) is 14.4. The molecular weight excluding hydrogens is 691 g/mol. The first-order valence-electron chi connectivity index (χ1n) is 16.7. The number of hydrogen-bond acceptors (Lipinski definition) is 8. The number of aromatic nitrogens is 3. The number of fused-ring (bicyclic) bond motifs is 1. The van der Waals surface area contributed by atoms with Crippen molar-refractivity contribution in [1.29, 1.82) is 0 Å². The van der Waals surface area contributed by atoms with Gasteiger partial charge in [0.15, 0.2) is 0 Å². The van der Waals surface area contributed by atoms with Crippen LogP contribution in [0.1, 0.15) is 43.2 Å². The summed E-state index contributed by atoms with van der Waals surface area (Å²) < 4.78 is 7.12. The van der Waals surface area contributed by atoms with Crippen LogP contribution in [0, 0.1) is 0 Å². The number of carbonyl (C=O) groups excluding carboxylic acids is 1. The maximum atomic E-state index is 13.3. The Morgan fingerprint density at radius 1 is 1.00 bits per heavy atom. The van der Waals surface area contributed by atoms with Crippen molar-refractivity contribution >= 4 is 40.7 Å². The van der Waals surface area contributed by atoms with Gasteiger partial charge in [0.05, 0.1) is 34.8 Å². The first-order chi connectivity index (χ1) is 24.6. The predicted molar refractivity (Wildman–Crippen MR) is 196 cm³/mol. The second-order valence-corrected chi connectivity index (χ2v) is 13.8. The molecule has 7 rings (SSSR count). The number of benzene rings is 2. The van der Waals surface area contributed by atoms with E-state index in [9.17, 15) is 19.5 Å². The Labute approximate surface area is 304 Å². The molecule has 2 aromatic carbocycles. The van der Waals surface area contributed by atoms with E-state index in [2.05, 4.69) is 20.9 Å². The molecule has 4 N–H and O–H groups in total. The monoisotopic (exact) mass is 726 g/mol. The summed E-state index contributed by atoms with van der Waals surface area (Å²) >= 11 is 14.2. The summed E-state index contributed by atoms with van der Waals surface area (Å²) in [5, 5.41) is 19.8. The summed E-state index contributed by atoms with van der Waals surface area (Å²) in [5.41, 5.74) is 5.48. The van der Waals surface area contributed by atoms with Gasteiger partial charge in [-0.2, -0.15) is 0 Å². The number of pyridine rings is 2. The van der Waals surface area contributed by atoms with Crippen molar-refractivity contribution < 1.29 is 19.4 Å². The Morgan fingerprint density at radius 3 is 2.41 bits per heavy atom. The van der Waals surface area contributed by atoms with E-state index in [4.69, 9.17) is 32.9 Å². The lowest BCUT2D eigenvalue weighted by Gasteiger charge is -2.16. The molecule has 2 aliphatic rings. The van der Waals surface area contributed by atoms with Gasteiger partial charge < -0.3 is 25.8 Å². The molecule has 0 unspecified atom stereocenters. The van der Waals surface area contributed by atoms with Gasteiger partial charge in [-0.25, -0.2) is 9.97 Å². The number of nitrogens with one attached hydrogen (secondary N) is 3. The van der Waals surface area contributed by atoms with Crippen molar-refractivity contribution in [3.63, 3.8) is 0 Å². The maximum absolute atomic E-state index is 13.3. The summed E-state index contributed by atoms with van der Waals surface area (Å²) in [7, 11) is 1.58. The van der Waals surface area contributed by atoms with Crippen molar-refractivity contribution in [2.45, 2.75) is 56.8 Å². The third-order valence-corrected chi connectivity index (χ3v) is 10.4. The predicted octanol–water partition coefficient (Wildman–Crippen LogP) is 5.87. The zero-order valence-electron chi connectivity index (χ0n) is 27.8. The molecule has 3 aromatic heterocycles. The van der Waals surface area contributed by atoms with Gasteiger partial charge in [0.1, 0.15) is 5.65 Å². The molecule has 0 spiro atoms. The van der Waals surface area contributed by atoms with Gasteiger partial charge >= 0.3 is 5.97 Å². The average Bonchev–Trinajstić information content (AvgIpc) is 3.75. The van der Waals surface area contributed by atoms with Crippen LogP contribution in [0.15, 0.2) is 77.9 Å². The fourth-order valence-electron chi connectivity index (χ4n) is 6.58. The number of methoxy groups -OCH3 is 1. The fourth-order valence-corrected chi connectivity index (χ4v) is 7.25. The quantitative estimate of drug-likeness (QED) is 0.117. The molecule has 1 aliphatic heterocycles. The Kier molecular flexibility index (Phi) is 9.80. The van der Waals surface area contributed by atoms with E-state index >= 15 is 0 Å². The van der Waals surface area contributed by atoms with Crippen molar-refractivity contribution in [3.8, 4) is 39.4 Å². The van der Waals surface area contributed by atoms with Crippen LogP contribution in [0.5, 0.6) is 5.88 Å². The van der Waals surface area contributed by atoms with E-state index in [0.717, 1.165) is 52.6 Å². The number of aliphatic carboxylic acids is 1. The van der Waals surface area contributed by atoms with E-state index in [1.54, 1.807) is 13.3 Å². The van der Waals surface area contributed by atoms with Gasteiger partial charge in [-0.3, -0.25) is 18.8 Å². The summed E-state index contributed by atoms with van der Waals surface area (Å²) in [4.78, 5) is 45.3. The zero-order chi connectivity index (χ0) is 35.7. The topological polar surface area (TPSA) is 147 Å². The van der Waals surface area contributed by atoms with Crippen LogP contribution in [-0.4, -0.2) is 56.6 Å². The molecule has 0 bridgehead atoms. The highest BCUT2D eigenvalue weighted by Gasteiger charge is 2.44. The standard InChI is InChI=1S/C38H36Cl2N6O5/c1-51-36-23(18-41-21-25-9-11-32(47)44-25)8-10-30(45-36)29-7-3-6-28(35(29)40)27-5-2-4-26(34(27)39)22-12-15-46-31(16-22)42-19-24(37(46)50)20-43-38(13-14-38)17-33(48)49/h2-8,10,12,15-16,19,25,41,43H,9,11,13-14,17-18,20-21H2,1H3,(H,44,47)(H,48,49)/t25-/m1/s1. The Hall–Kier alpha value is -4.81. The van der Waals surface area contributed by atoms with Crippen LogP contribution >= 0.6 is 23.2 Å². The van der Waals surface area contributed by atoms with Crippen LogP contribution in [0.4, 0.5) is 0 Å². The molecule has 1 amide bonds. The van der Waals surface area contributed by atoms with Crippen molar-refractivity contribution in [1.82, 2.24) is 30.3 Å². The van der Waals surface area contributed by atoms with Crippen molar-refractivity contribution in [2.24, 2.45) is 0 Å². The molecule has 1 saturated heterocycles. The number of carboxylic acids is 1. The third kappa shape index (κ3) is 7.34. The molecule has 11 nitrogen and oxygen atoms in total. The summed E-state index contributed by atoms with van der Waals surface area (Å²) in [5.74, 6) is -0.293. The van der Waals surface area contributed by atoms with Crippen LogP contribution < -0.4 is 26.2 Å². The number of amides is 1. The minimum absolute atomic E-state index is 0.0233. The normalized spacial score (nSPS) is 16.3. The fraction of sp³-hybridized carbons (Fsp3) is 0.289. The number of halogens is 2. The van der Waals surface area contributed by atoms with Crippen molar-refractivity contribution in [3.05, 3.63) is 105 Å². The van der Waals surface area contributed by atoms with Gasteiger partial charge in [-0.05, 0) is 43.0 Å². The second-order valence-electron chi connectivity index (χ2n) is 13.1. The number of rotatable bonds is 13. The van der Waals surface area contributed by atoms with Gasteiger partial charge in [0.25, 0.3) is 5.56 Å². The van der Waals surface area contributed by atoms with Gasteiger partial charge in [0.2, 0.25) is 11.8 Å². The van der Waals surface area contributed by atoms with E-state index in [1.807, 2.05) is 60.7 Å². The minimum Gasteiger partial charge on any atom is -0.481 e. The van der Waals surface area contributed by atoms with E-state index < -0.39 is 11.5 Å². The molecular formula is C38H36Cl2N6O5. The smallest absolute Gasteiger partial charge is 0.305 e. The lowest BCUT2D eigenvalue weighted by Crippen LogP contribution is -2.35. The highest BCUT2D eigenvalue weighted by atomic mass is 35.5. The number of carboxylic acid groups (broad SMARTS) is 1. The molecule has 1 atom stereocenters. The zero-order valence-corrected chi connectivity index (χ0v) is 29.4. The molecule has 51 heavy (non-hydrogen) atoms. The molecule has 4 heterocycles. The molecule has 1 saturated carbocycles. The van der Waals surface area contributed by atoms with Crippen LogP contribution in [0.25, 0.3) is 39.2 Å². The van der Waals surface area contributed by atoms with Crippen molar-refractivity contribution in [2.75, 3.05) is 13.7 Å². The van der Waals surface area contributed by atoms with E-state index in [1.165, 1.54) is 10.6 Å². The molecule has 1 aliphatic carbocycles. The van der Waals surface area contributed by atoms with Crippen LogP contribution in [0.2, 0.25) is 10.0 Å². The number of nitrogens with zero attached hydrogens (tertiary/aromatic N) is 3. The molecule has 262 valence electrons. The minimum atomic E-state index is -0.861. The molecule has 0 radical (unpaired) electrons. The number of carbonyl (C=O) groups is 2. The van der Waals surface area contributed by atoms with Crippen LogP contribution in [0.3, 0.4) is 0 Å². The Morgan fingerprint density at radius 2 is 1.73 bits per heavy atom. The molecule has 13 heteroatoms. The first kappa shape index (κ1) is 34.6. The van der Waals surface area contributed by atoms with Gasteiger partial charge in [0, 0.05) is 77.8 Å². The third-order valence-electron chi connectivity index (χ3n) is 9.58. The molecule has 2 fully saturated rings. The molecule has 5 aromatic rings. The Bertz CT molecular complexity index is 2220. The lowest BCUT2D eigenvalue weighted by atomic mass is 9.97. The average molecular weight is 728 g/mol. The number of hydrogen-bond donors (Lipinski definition) is 4. The van der Waals surface area contributed by atoms with Crippen LogP contribution in [-0.2, 0) is 22.7 Å². The summed E-state index contributed by atoms with van der Waals surface area (Å²) in [6.45, 7) is 1.43. The highest BCUT2D eigenvalue weighted by Crippen LogP contribution is 2.42. The first-order valence-corrected chi connectivity index (χ1v) is 17.5. The maximum Gasteiger partial charge on any atom is 0.305 e. The summed E-state index contributed by atoms with van der Waals surface area (Å²) in [6.07, 6.45) is 6.15. The van der Waals surface area contributed by atoms with E-state index in [-0.39, 0.29) is 30.5 Å².